The summed E-state index contributed by atoms with van der Waals surface area (Å²) in [7, 11) is 0. The molecule has 1 nitrogen and oxygen atoms in total. The molecule has 1 unspecified atom stereocenters. The van der Waals surface area contributed by atoms with E-state index in [1.54, 1.807) is 18.2 Å². The Morgan fingerprint density at radius 3 is 2.26 bits per heavy atom. The van der Waals surface area contributed by atoms with Crippen LogP contribution in [-0.4, -0.2) is 17.1 Å². The van der Waals surface area contributed by atoms with Crippen molar-refractivity contribution in [1.29, 1.82) is 0 Å². The summed E-state index contributed by atoms with van der Waals surface area (Å²) >= 11 is 12.1. The fourth-order valence-corrected chi connectivity index (χ4v) is 3.10. The number of alkyl halides is 2. The SMILES string of the molecule is OC(Cc1c(Cl)cccc1Cl)C1CCC(F)(F)CC1. The molecule has 2 rings (SSSR count). The molecule has 0 bridgehead atoms. The van der Waals surface area contributed by atoms with Crippen LogP contribution >= 0.6 is 23.2 Å². The molecule has 1 aromatic rings. The van der Waals surface area contributed by atoms with Crippen LogP contribution in [0.1, 0.15) is 31.2 Å². The van der Waals surface area contributed by atoms with E-state index < -0.39 is 12.0 Å². The van der Waals surface area contributed by atoms with Crippen LogP contribution < -0.4 is 0 Å². The molecule has 106 valence electrons. The summed E-state index contributed by atoms with van der Waals surface area (Å²) in [6, 6.07) is 5.16. The third kappa shape index (κ3) is 3.80. The molecule has 0 saturated heterocycles. The van der Waals surface area contributed by atoms with Crippen molar-refractivity contribution in [3.05, 3.63) is 33.8 Å². The van der Waals surface area contributed by atoms with Crippen LogP contribution in [0.15, 0.2) is 18.2 Å². The van der Waals surface area contributed by atoms with Crippen molar-refractivity contribution in [3.8, 4) is 0 Å². The monoisotopic (exact) mass is 308 g/mol. The number of benzene rings is 1. The van der Waals surface area contributed by atoms with Gasteiger partial charge in [-0.15, -0.1) is 0 Å². The van der Waals surface area contributed by atoms with E-state index in [4.69, 9.17) is 23.2 Å². The van der Waals surface area contributed by atoms with E-state index in [1.807, 2.05) is 0 Å². The zero-order chi connectivity index (χ0) is 14.0. The van der Waals surface area contributed by atoms with Gasteiger partial charge in [0.15, 0.2) is 0 Å². The summed E-state index contributed by atoms with van der Waals surface area (Å²) in [6.07, 6.45) is 0.0329. The van der Waals surface area contributed by atoms with Gasteiger partial charge in [0.1, 0.15) is 0 Å². The summed E-state index contributed by atoms with van der Waals surface area (Å²) < 4.78 is 26.1. The van der Waals surface area contributed by atoms with Crippen molar-refractivity contribution >= 4 is 23.2 Å². The first-order valence-electron chi connectivity index (χ1n) is 6.38. The summed E-state index contributed by atoms with van der Waals surface area (Å²) in [6.45, 7) is 0. The molecule has 1 N–H and O–H groups in total. The lowest BCUT2D eigenvalue weighted by molar-refractivity contribution is -0.0619. The van der Waals surface area contributed by atoms with Gasteiger partial charge < -0.3 is 5.11 Å². The van der Waals surface area contributed by atoms with Gasteiger partial charge in [0.05, 0.1) is 6.10 Å². The number of rotatable bonds is 3. The maximum absolute atomic E-state index is 13.1. The lowest BCUT2D eigenvalue weighted by atomic mass is 9.81. The summed E-state index contributed by atoms with van der Waals surface area (Å²) in [5, 5.41) is 11.2. The lowest BCUT2D eigenvalue weighted by Crippen LogP contribution is -2.32. The molecule has 1 aliphatic rings. The summed E-state index contributed by atoms with van der Waals surface area (Å²) in [5.74, 6) is -2.68. The van der Waals surface area contributed by atoms with Crippen LogP contribution in [0.4, 0.5) is 8.78 Å². The molecule has 1 aliphatic carbocycles. The molecule has 5 heteroatoms. The number of aliphatic hydroxyl groups excluding tert-OH is 1. The highest BCUT2D eigenvalue weighted by atomic mass is 35.5. The Hall–Kier alpha value is -0.380. The third-order valence-corrected chi connectivity index (χ3v) is 4.49. The molecular formula is C14H16Cl2F2O. The topological polar surface area (TPSA) is 20.2 Å². The molecule has 19 heavy (non-hydrogen) atoms. The van der Waals surface area contributed by atoms with E-state index in [1.165, 1.54) is 0 Å². The van der Waals surface area contributed by atoms with E-state index in [0.717, 1.165) is 0 Å². The van der Waals surface area contributed by atoms with Crippen molar-refractivity contribution in [2.24, 2.45) is 5.92 Å². The zero-order valence-corrected chi connectivity index (χ0v) is 11.9. The Balaban J connectivity index is 2.00. The van der Waals surface area contributed by atoms with Gasteiger partial charge in [0, 0.05) is 29.3 Å². The maximum atomic E-state index is 13.1. The molecule has 0 heterocycles. The first kappa shape index (κ1) is 15.0. The van der Waals surface area contributed by atoms with E-state index >= 15 is 0 Å². The number of hydrogen-bond acceptors (Lipinski definition) is 1. The van der Waals surface area contributed by atoms with Gasteiger partial charge in [0.25, 0.3) is 0 Å². The van der Waals surface area contributed by atoms with E-state index in [-0.39, 0.29) is 18.8 Å². The Labute approximate surface area is 121 Å². The first-order valence-corrected chi connectivity index (χ1v) is 7.13. The van der Waals surface area contributed by atoms with Crippen LogP contribution in [0.3, 0.4) is 0 Å². The predicted octanol–water partition coefficient (Wildman–Crippen LogP) is 4.72. The normalized spacial score (nSPS) is 21.3. The lowest BCUT2D eigenvalue weighted by Gasteiger charge is -2.31. The molecule has 1 atom stereocenters. The average Bonchev–Trinajstić information content (AvgIpc) is 2.33. The Bertz CT molecular complexity index is 421. The van der Waals surface area contributed by atoms with Gasteiger partial charge in [-0.2, -0.15) is 0 Å². The van der Waals surface area contributed by atoms with E-state index in [0.29, 0.717) is 34.9 Å². The molecule has 0 spiro atoms. The molecule has 0 aliphatic heterocycles. The van der Waals surface area contributed by atoms with Crippen LogP contribution in [0.5, 0.6) is 0 Å². The van der Waals surface area contributed by atoms with Gasteiger partial charge in [-0.05, 0) is 36.5 Å². The van der Waals surface area contributed by atoms with Crippen molar-refractivity contribution < 1.29 is 13.9 Å². The number of halogens is 4. The van der Waals surface area contributed by atoms with Crippen molar-refractivity contribution in [1.82, 2.24) is 0 Å². The van der Waals surface area contributed by atoms with E-state index in [2.05, 4.69) is 0 Å². The van der Waals surface area contributed by atoms with Gasteiger partial charge in [-0.1, -0.05) is 29.3 Å². The van der Waals surface area contributed by atoms with Crippen molar-refractivity contribution in [2.75, 3.05) is 0 Å². The Kier molecular flexibility index (Phi) is 4.70. The minimum Gasteiger partial charge on any atom is -0.392 e. The molecule has 1 fully saturated rings. The van der Waals surface area contributed by atoms with Gasteiger partial charge in [0.2, 0.25) is 5.92 Å². The van der Waals surface area contributed by atoms with Gasteiger partial charge in [-0.25, -0.2) is 8.78 Å². The molecule has 1 saturated carbocycles. The molecule has 1 aromatic carbocycles. The van der Waals surface area contributed by atoms with Crippen LogP contribution in [0.2, 0.25) is 10.0 Å². The van der Waals surface area contributed by atoms with Gasteiger partial charge in [-0.3, -0.25) is 0 Å². The second kappa shape index (κ2) is 5.94. The van der Waals surface area contributed by atoms with Crippen LogP contribution in [-0.2, 0) is 6.42 Å². The standard InChI is InChI=1S/C14H16Cl2F2O/c15-11-2-1-3-12(16)10(11)8-13(19)9-4-6-14(17,18)7-5-9/h1-3,9,13,19H,4-8H2. The zero-order valence-electron chi connectivity index (χ0n) is 10.4. The fourth-order valence-electron chi connectivity index (χ4n) is 2.55. The first-order chi connectivity index (χ1) is 8.89. The molecule has 0 amide bonds. The maximum Gasteiger partial charge on any atom is 0.248 e. The number of aliphatic hydroxyl groups is 1. The quantitative estimate of drug-likeness (QED) is 0.856. The highest BCUT2D eigenvalue weighted by Crippen LogP contribution is 2.38. The highest BCUT2D eigenvalue weighted by molar-refractivity contribution is 6.35. The molecular weight excluding hydrogens is 293 g/mol. The van der Waals surface area contributed by atoms with Crippen LogP contribution in [0.25, 0.3) is 0 Å². The Morgan fingerprint density at radius 1 is 1.21 bits per heavy atom. The molecule has 0 radical (unpaired) electrons. The van der Waals surface area contributed by atoms with Crippen molar-refractivity contribution in [2.45, 2.75) is 44.1 Å². The van der Waals surface area contributed by atoms with E-state index in [9.17, 15) is 13.9 Å². The summed E-state index contributed by atoms with van der Waals surface area (Å²) in [4.78, 5) is 0. The smallest absolute Gasteiger partial charge is 0.248 e. The molecule has 0 aromatic heterocycles. The predicted molar refractivity (Wildman–Crippen MR) is 73.1 cm³/mol. The summed E-state index contributed by atoms with van der Waals surface area (Å²) in [5.41, 5.74) is 0.690. The van der Waals surface area contributed by atoms with Crippen molar-refractivity contribution in [3.63, 3.8) is 0 Å². The second-order valence-corrected chi connectivity index (χ2v) is 5.98. The highest BCUT2D eigenvalue weighted by Gasteiger charge is 2.37. The van der Waals surface area contributed by atoms with Crippen LogP contribution in [0, 0.1) is 5.92 Å². The minimum absolute atomic E-state index is 0.105. The average molecular weight is 309 g/mol. The fraction of sp³-hybridized carbons (Fsp3) is 0.571. The minimum atomic E-state index is -2.57. The Morgan fingerprint density at radius 2 is 1.74 bits per heavy atom. The third-order valence-electron chi connectivity index (χ3n) is 3.78. The van der Waals surface area contributed by atoms with Gasteiger partial charge >= 0.3 is 0 Å². The number of hydrogen-bond donors (Lipinski definition) is 1. The second-order valence-electron chi connectivity index (χ2n) is 5.17. The largest absolute Gasteiger partial charge is 0.392 e.